The van der Waals surface area contributed by atoms with Gasteiger partial charge in [0.15, 0.2) is 0 Å². The summed E-state index contributed by atoms with van der Waals surface area (Å²) in [6.07, 6.45) is 0. The highest BCUT2D eigenvalue weighted by Gasteiger charge is 2.35. The summed E-state index contributed by atoms with van der Waals surface area (Å²) in [5.41, 5.74) is 2.04. The van der Waals surface area contributed by atoms with E-state index in [1.54, 1.807) is 18.7 Å². The Morgan fingerprint density at radius 2 is 1.97 bits per heavy atom. The number of thiazole rings is 1. The van der Waals surface area contributed by atoms with E-state index in [2.05, 4.69) is 10.1 Å². The standard InChI is InChI=1S/C21H18ClN3O2S2/c1-3-27-13(2)19-17(12-28-15-10-8-14(22)9-11-15)24-25(20(19)26)21-23-16-6-4-5-7-18(16)29-21/h4-11H,3,12H2,1-2H3/b19-13-. The number of aromatic nitrogens is 1. The average molecular weight is 444 g/mol. The molecule has 0 fully saturated rings. The van der Waals surface area contributed by atoms with E-state index in [1.807, 2.05) is 55.5 Å². The fourth-order valence-corrected chi connectivity index (χ4v) is 4.83. The molecule has 1 amide bonds. The first kappa shape index (κ1) is 19.9. The van der Waals surface area contributed by atoms with Crippen molar-refractivity contribution in [2.45, 2.75) is 18.7 Å². The van der Waals surface area contributed by atoms with E-state index in [9.17, 15) is 4.79 Å². The second-order valence-corrected chi connectivity index (χ2v) is 8.73. The lowest BCUT2D eigenvalue weighted by atomic mass is 10.1. The van der Waals surface area contributed by atoms with E-state index in [0.29, 0.717) is 39.6 Å². The van der Waals surface area contributed by atoms with Crippen molar-refractivity contribution in [2.24, 2.45) is 5.10 Å². The summed E-state index contributed by atoms with van der Waals surface area (Å²) in [5.74, 6) is 0.910. The lowest BCUT2D eigenvalue weighted by Crippen LogP contribution is -2.22. The minimum atomic E-state index is -0.207. The van der Waals surface area contributed by atoms with Crippen LogP contribution in [0.25, 0.3) is 10.2 Å². The van der Waals surface area contributed by atoms with Gasteiger partial charge in [0, 0.05) is 15.7 Å². The van der Waals surface area contributed by atoms with Crippen LogP contribution in [0.1, 0.15) is 13.8 Å². The molecule has 5 nitrogen and oxygen atoms in total. The summed E-state index contributed by atoms with van der Waals surface area (Å²) in [7, 11) is 0. The number of hydrogen-bond donors (Lipinski definition) is 0. The molecule has 2 heterocycles. The number of para-hydroxylation sites is 1. The Kier molecular flexibility index (Phi) is 5.89. The first-order valence-electron chi connectivity index (χ1n) is 9.06. The molecule has 0 saturated heterocycles. The Labute approximate surface area is 182 Å². The molecule has 0 N–H and O–H groups in total. The van der Waals surface area contributed by atoms with Crippen LogP contribution in [0.5, 0.6) is 0 Å². The first-order chi connectivity index (χ1) is 14.1. The molecule has 2 aromatic carbocycles. The molecule has 8 heteroatoms. The highest BCUT2D eigenvalue weighted by Crippen LogP contribution is 2.34. The maximum Gasteiger partial charge on any atom is 0.286 e. The van der Waals surface area contributed by atoms with Gasteiger partial charge in [0.1, 0.15) is 11.3 Å². The van der Waals surface area contributed by atoms with Gasteiger partial charge < -0.3 is 4.74 Å². The molecule has 1 aliphatic heterocycles. The van der Waals surface area contributed by atoms with E-state index in [-0.39, 0.29) is 5.91 Å². The smallest absolute Gasteiger partial charge is 0.286 e. The van der Waals surface area contributed by atoms with Crippen LogP contribution in [0.4, 0.5) is 5.13 Å². The number of hydrazone groups is 1. The number of fused-ring (bicyclic) bond motifs is 1. The number of ether oxygens (including phenoxy) is 1. The van der Waals surface area contributed by atoms with Crippen molar-refractivity contribution >= 4 is 61.7 Å². The normalized spacial score (nSPS) is 15.8. The van der Waals surface area contributed by atoms with Crippen LogP contribution in [0.2, 0.25) is 5.02 Å². The van der Waals surface area contributed by atoms with Crippen LogP contribution < -0.4 is 5.01 Å². The van der Waals surface area contributed by atoms with E-state index < -0.39 is 0 Å². The number of anilines is 1. The number of allylic oxidation sites excluding steroid dienone is 1. The summed E-state index contributed by atoms with van der Waals surface area (Å²) in [4.78, 5) is 18.8. The number of carbonyl (C=O) groups excluding carboxylic acids is 1. The Morgan fingerprint density at radius 3 is 2.69 bits per heavy atom. The molecule has 0 spiro atoms. The number of halogens is 1. The predicted molar refractivity (Wildman–Crippen MR) is 121 cm³/mol. The Bertz CT molecular complexity index is 1090. The quantitative estimate of drug-likeness (QED) is 0.276. The third-order valence-electron chi connectivity index (χ3n) is 4.28. The van der Waals surface area contributed by atoms with Crippen LogP contribution in [-0.2, 0) is 9.53 Å². The topological polar surface area (TPSA) is 54.8 Å². The maximum absolute atomic E-state index is 13.2. The monoisotopic (exact) mass is 443 g/mol. The number of amides is 1. The molecule has 4 rings (SSSR count). The van der Waals surface area contributed by atoms with Gasteiger partial charge in [-0.05, 0) is 50.2 Å². The van der Waals surface area contributed by atoms with Gasteiger partial charge >= 0.3 is 0 Å². The zero-order valence-electron chi connectivity index (χ0n) is 15.9. The molecule has 1 aliphatic rings. The molecule has 0 radical (unpaired) electrons. The van der Waals surface area contributed by atoms with Crippen LogP contribution in [0, 0.1) is 0 Å². The number of hydrogen-bond acceptors (Lipinski definition) is 6. The highest BCUT2D eigenvalue weighted by atomic mass is 35.5. The molecule has 0 atom stereocenters. The summed E-state index contributed by atoms with van der Waals surface area (Å²) in [5, 5.41) is 7.26. The van der Waals surface area contributed by atoms with Crippen molar-refractivity contribution in [3.63, 3.8) is 0 Å². The summed E-state index contributed by atoms with van der Waals surface area (Å²) >= 11 is 9.00. The zero-order chi connectivity index (χ0) is 20.4. The van der Waals surface area contributed by atoms with Gasteiger partial charge in [-0.3, -0.25) is 4.79 Å². The number of nitrogens with zero attached hydrogens (tertiary/aromatic N) is 3. The van der Waals surface area contributed by atoms with Gasteiger partial charge in [0.05, 0.1) is 22.5 Å². The fourth-order valence-electron chi connectivity index (χ4n) is 2.95. The zero-order valence-corrected chi connectivity index (χ0v) is 18.3. The van der Waals surface area contributed by atoms with Gasteiger partial charge in [-0.15, -0.1) is 11.8 Å². The van der Waals surface area contributed by atoms with E-state index in [0.717, 1.165) is 15.1 Å². The molecule has 148 valence electrons. The van der Waals surface area contributed by atoms with Crippen molar-refractivity contribution in [2.75, 3.05) is 17.4 Å². The number of carbonyl (C=O) groups is 1. The Morgan fingerprint density at radius 1 is 1.21 bits per heavy atom. The molecule has 0 saturated carbocycles. The number of benzene rings is 2. The van der Waals surface area contributed by atoms with Gasteiger partial charge in [-0.2, -0.15) is 10.1 Å². The molecule has 0 bridgehead atoms. The van der Waals surface area contributed by atoms with Gasteiger partial charge in [0.2, 0.25) is 5.13 Å². The fraction of sp³-hybridized carbons (Fsp3) is 0.190. The largest absolute Gasteiger partial charge is 0.498 e. The second-order valence-electron chi connectivity index (χ2n) is 6.23. The van der Waals surface area contributed by atoms with Gasteiger partial charge in [-0.25, -0.2) is 4.98 Å². The molecular formula is C21H18ClN3O2S2. The number of thioether (sulfide) groups is 1. The Hall–Kier alpha value is -2.35. The molecule has 29 heavy (non-hydrogen) atoms. The van der Waals surface area contributed by atoms with E-state index in [4.69, 9.17) is 16.3 Å². The Balaban J connectivity index is 1.66. The lowest BCUT2D eigenvalue weighted by molar-refractivity contribution is -0.114. The average Bonchev–Trinajstić information content (AvgIpc) is 3.28. The molecule has 1 aromatic heterocycles. The molecular weight excluding hydrogens is 426 g/mol. The van der Waals surface area contributed by atoms with Crippen LogP contribution in [0.15, 0.2) is 69.9 Å². The van der Waals surface area contributed by atoms with Gasteiger partial charge in [-0.1, -0.05) is 35.1 Å². The van der Waals surface area contributed by atoms with Crippen LogP contribution in [0.3, 0.4) is 0 Å². The third-order valence-corrected chi connectivity index (χ3v) is 6.57. The van der Waals surface area contributed by atoms with Crippen LogP contribution in [-0.4, -0.2) is 29.0 Å². The van der Waals surface area contributed by atoms with Crippen molar-refractivity contribution < 1.29 is 9.53 Å². The second kappa shape index (κ2) is 8.57. The summed E-state index contributed by atoms with van der Waals surface area (Å²) < 4.78 is 6.66. The van der Waals surface area contributed by atoms with Crippen LogP contribution >= 0.6 is 34.7 Å². The van der Waals surface area contributed by atoms with E-state index in [1.165, 1.54) is 16.3 Å². The van der Waals surface area contributed by atoms with Crippen molar-refractivity contribution in [1.29, 1.82) is 0 Å². The lowest BCUT2D eigenvalue weighted by Gasteiger charge is -2.09. The molecule has 0 unspecified atom stereocenters. The number of rotatable bonds is 6. The van der Waals surface area contributed by atoms with E-state index >= 15 is 0 Å². The minimum absolute atomic E-state index is 0.207. The van der Waals surface area contributed by atoms with Crippen molar-refractivity contribution in [1.82, 2.24) is 4.98 Å². The SMILES string of the molecule is CCO/C(C)=C1\C(=O)N(c2nc3ccccc3s2)N=C1CSc1ccc(Cl)cc1. The highest BCUT2D eigenvalue weighted by molar-refractivity contribution is 8.00. The van der Waals surface area contributed by atoms with Gasteiger partial charge in [0.25, 0.3) is 5.91 Å². The summed E-state index contributed by atoms with van der Waals surface area (Å²) in [6, 6.07) is 15.4. The molecule has 3 aromatic rings. The maximum atomic E-state index is 13.2. The minimum Gasteiger partial charge on any atom is -0.498 e. The predicted octanol–water partition coefficient (Wildman–Crippen LogP) is 5.76. The third kappa shape index (κ3) is 4.17. The van der Waals surface area contributed by atoms with Crippen molar-refractivity contribution in [3.8, 4) is 0 Å². The van der Waals surface area contributed by atoms with Crippen molar-refractivity contribution in [3.05, 3.63) is 64.9 Å². The molecule has 0 aliphatic carbocycles. The first-order valence-corrected chi connectivity index (χ1v) is 11.2. The summed E-state index contributed by atoms with van der Waals surface area (Å²) in [6.45, 7) is 4.19.